The molecule has 2 aliphatic heterocycles. The van der Waals surface area contributed by atoms with Gasteiger partial charge in [0.25, 0.3) is 0 Å². The van der Waals surface area contributed by atoms with E-state index < -0.39 is 0 Å². The molecule has 0 atom stereocenters. The van der Waals surface area contributed by atoms with Crippen LogP contribution >= 0.6 is 0 Å². The van der Waals surface area contributed by atoms with E-state index in [9.17, 15) is 0 Å². The zero-order chi connectivity index (χ0) is 17.9. The van der Waals surface area contributed by atoms with Crippen LogP contribution in [0.5, 0.6) is 0 Å². The molecule has 2 aromatic carbocycles. The van der Waals surface area contributed by atoms with E-state index in [-0.39, 0.29) is 19.8 Å². The van der Waals surface area contributed by atoms with E-state index in [1.807, 2.05) is 14.1 Å². The molecule has 0 fully saturated rings. The van der Waals surface area contributed by atoms with Crippen molar-refractivity contribution in [2.24, 2.45) is 0 Å². The molecule has 0 bridgehead atoms. The molecular formula is C22H23N4Os-3. The smallest absolute Gasteiger partial charge is 0 e. The fraction of sp³-hybridized carbons (Fsp3) is 0.182. The molecule has 2 heterocycles. The Balaban J connectivity index is 0.00000210. The van der Waals surface area contributed by atoms with E-state index >= 15 is 0 Å². The van der Waals surface area contributed by atoms with E-state index in [0.29, 0.717) is 0 Å². The first kappa shape index (κ1) is 19.5. The largest absolute Gasteiger partial charge is 0.511 e. The van der Waals surface area contributed by atoms with Crippen LogP contribution in [-0.4, -0.2) is 33.7 Å². The van der Waals surface area contributed by atoms with Crippen LogP contribution in [0.3, 0.4) is 0 Å². The Labute approximate surface area is 175 Å². The third-order valence-electron chi connectivity index (χ3n) is 4.44. The van der Waals surface area contributed by atoms with Gasteiger partial charge in [0.2, 0.25) is 0 Å². The molecule has 0 N–H and O–H groups in total. The zero-order valence-electron chi connectivity index (χ0n) is 15.6. The standard InChI is InChI=1S/C22H23N4.Os/c1-23-8-10-25(17-23)15-19-12-20(16-26-11-9-24(2)18-26)14-22(13-19)21-6-4-3-5-7-21;/h3-11,13-14,17-18H,15-16H2,1-2H3;/q-3;. The van der Waals surface area contributed by atoms with Gasteiger partial charge in [0, 0.05) is 19.8 Å². The second kappa shape index (κ2) is 8.63. The summed E-state index contributed by atoms with van der Waals surface area (Å²) in [5.74, 6) is 0. The summed E-state index contributed by atoms with van der Waals surface area (Å²) in [7, 11) is 4.08. The Kier molecular flexibility index (Phi) is 6.24. The fourth-order valence-electron chi connectivity index (χ4n) is 3.25. The predicted molar refractivity (Wildman–Crippen MR) is 104 cm³/mol. The van der Waals surface area contributed by atoms with Gasteiger partial charge in [-0.1, -0.05) is 30.3 Å². The normalized spacial score (nSPS) is 15.6. The topological polar surface area (TPSA) is 13.0 Å². The maximum absolute atomic E-state index is 3.61. The molecule has 0 unspecified atom stereocenters. The summed E-state index contributed by atoms with van der Waals surface area (Å²) in [5.41, 5.74) is 4.85. The van der Waals surface area contributed by atoms with Gasteiger partial charge in [-0.15, -0.1) is 16.7 Å². The molecule has 0 aliphatic carbocycles. The van der Waals surface area contributed by atoms with E-state index in [4.69, 9.17) is 0 Å². The van der Waals surface area contributed by atoms with Crippen molar-refractivity contribution in [2.45, 2.75) is 13.1 Å². The summed E-state index contributed by atoms with van der Waals surface area (Å²) < 4.78 is 0. The maximum atomic E-state index is 3.61. The van der Waals surface area contributed by atoms with E-state index in [2.05, 4.69) is 106 Å². The number of hydrogen-bond acceptors (Lipinski definition) is 4. The van der Waals surface area contributed by atoms with Crippen LogP contribution in [0.4, 0.5) is 0 Å². The van der Waals surface area contributed by atoms with Crippen LogP contribution in [0.25, 0.3) is 11.1 Å². The number of nitrogens with zero attached hydrogens (tertiary/aromatic N) is 4. The second-order valence-electron chi connectivity index (χ2n) is 6.79. The molecule has 27 heavy (non-hydrogen) atoms. The monoisotopic (exact) mass is 535 g/mol. The van der Waals surface area contributed by atoms with Crippen molar-refractivity contribution in [2.75, 3.05) is 14.1 Å². The molecule has 0 saturated carbocycles. The summed E-state index contributed by atoms with van der Waals surface area (Å²) >= 11 is 0. The molecule has 0 radical (unpaired) electrons. The van der Waals surface area contributed by atoms with Gasteiger partial charge in [-0.2, -0.15) is 31.5 Å². The van der Waals surface area contributed by atoms with Crippen LogP contribution in [0.2, 0.25) is 0 Å². The molecule has 0 spiro atoms. The molecule has 2 aromatic rings. The molecule has 4 nitrogen and oxygen atoms in total. The van der Waals surface area contributed by atoms with Gasteiger partial charge in [-0.3, -0.25) is 0 Å². The molecule has 0 aromatic heterocycles. The number of benzene rings is 2. The summed E-state index contributed by atoms with van der Waals surface area (Å²) in [6.45, 7) is 5.81. The summed E-state index contributed by atoms with van der Waals surface area (Å²) in [4.78, 5) is 8.48. The molecule has 4 rings (SSSR count). The average Bonchev–Trinajstić information content (AvgIpc) is 3.23. The SMILES string of the molecule is CN1C=CN(Cc2[c-]c(CN3C=CN(C)[CH-]3)cc(-c3ccccc3)c2)[CH-]1.[Os]. The Morgan fingerprint density at radius 3 is 1.70 bits per heavy atom. The van der Waals surface area contributed by atoms with Gasteiger partial charge in [-0.25, -0.2) is 0 Å². The minimum absolute atomic E-state index is 0. The van der Waals surface area contributed by atoms with Gasteiger partial charge < -0.3 is 19.6 Å². The van der Waals surface area contributed by atoms with Crippen molar-refractivity contribution in [1.29, 1.82) is 0 Å². The fourth-order valence-corrected chi connectivity index (χ4v) is 3.25. The van der Waals surface area contributed by atoms with Crippen LogP contribution in [0.15, 0.2) is 67.3 Å². The minimum Gasteiger partial charge on any atom is -0.511 e. The Hall–Kier alpha value is -2.24. The summed E-state index contributed by atoms with van der Waals surface area (Å²) in [5, 5.41) is 0. The minimum atomic E-state index is 0. The van der Waals surface area contributed by atoms with Gasteiger partial charge in [-0.05, 0) is 57.5 Å². The van der Waals surface area contributed by atoms with Crippen molar-refractivity contribution in [3.63, 3.8) is 0 Å². The van der Waals surface area contributed by atoms with Crippen LogP contribution in [-0.2, 0) is 32.9 Å². The average molecular weight is 534 g/mol. The maximum Gasteiger partial charge on any atom is 0 e. The van der Waals surface area contributed by atoms with Crippen molar-refractivity contribution < 1.29 is 19.8 Å². The third-order valence-corrected chi connectivity index (χ3v) is 4.44. The van der Waals surface area contributed by atoms with Gasteiger partial charge in [0.05, 0.1) is 0 Å². The molecule has 0 amide bonds. The molecule has 5 heteroatoms. The van der Waals surface area contributed by atoms with Crippen molar-refractivity contribution in [1.82, 2.24) is 19.6 Å². The second-order valence-corrected chi connectivity index (χ2v) is 6.79. The van der Waals surface area contributed by atoms with E-state index in [1.165, 1.54) is 22.3 Å². The molecule has 0 saturated heterocycles. The Morgan fingerprint density at radius 2 is 1.26 bits per heavy atom. The van der Waals surface area contributed by atoms with Crippen LogP contribution < -0.4 is 0 Å². The summed E-state index contributed by atoms with van der Waals surface area (Å²) in [6.07, 6.45) is 8.30. The Bertz CT molecular complexity index is 772. The van der Waals surface area contributed by atoms with Crippen molar-refractivity contribution in [3.8, 4) is 11.1 Å². The van der Waals surface area contributed by atoms with Gasteiger partial charge in [0.1, 0.15) is 0 Å². The zero-order valence-corrected chi connectivity index (χ0v) is 18.1. The molecule has 2 aliphatic rings. The first-order chi connectivity index (χ1) is 12.7. The first-order valence-electron chi connectivity index (χ1n) is 8.78. The summed E-state index contributed by atoms with van der Waals surface area (Å²) in [6, 6.07) is 18.6. The Morgan fingerprint density at radius 1 is 0.741 bits per heavy atom. The third kappa shape index (κ3) is 4.93. The van der Waals surface area contributed by atoms with E-state index in [0.717, 1.165) is 13.1 Å². The van der Waals surface area contributed by atoms with Crippen LogP contribution in [0, 0.1) is 19.4 Å². The predicted octanol–water partition coefficient (Wildman–Crippen LogP) is 3.83. The van der Waals surface area contributed by atoms with E-state index in [1.54, 1.807) is 0 Å². The quantitative estimate of drug-likeness (QED) is 0.542. The number of hydrogen-bond donors (Lipinski definition) is 0. The van der Waals surface area contributed by atoms with Crippen molar-refractivity contribution >= 4 is 0 Å². The molecule has 142 valence electrons. The van der Waals surface area contributed by atoms with Gasteiger partial charge >= 0.3 is 0 Å². The number of rotatable bonds is 5. The van der Waals surface area contributed by atoms with Crippen LogP contribution in [0.1, 0.15) is 11.1 Å². The molecular weight excluding hydrogens is 511 g/mol. The van der Waals surface area contributed by atoms with Crippen molar-refractivity contribution in [3.05, 3.63) is 97.8 Å². The van der Waals surface area contributed by atoms with Gasteiger partial charge in [0.15, 0.2) is 0 Å². The first-order valence-corrected chi connectivity index (χ1v) is 8.78.